The molecule has 0 saturated carbocycles. The molecule has 0 unspecified atom stereocenters. The minimum atomic E-state index is 0.362. The van der Waals surface area contributed by atoms with Crippen molar-refractivity contribution >= 4 is 59.5 Å². The average Bonchev–Trinajstić information content (AvgIpc) is 1.98. The van der Waals surface area contributed by atoms with Gasteiger partial charge in [-0.3, -0.25) is 0 Å². The molecule has 15 aromatic rings. The molecule has 87 heavy (non-hydrogen) atoms. The zero-order valence-electron chi connectivity index (χ0n) is 47.6. The second kappa shape index (κ2) is 22.1. The van der Waals surface area contributed by atoms with E-state index in [-0.39, 0.29) is 0 Å². The van der Waals surface area contributed by atoms with Crippen molar-refractivity contribution in [1.82, 2.24) is 9.13 Å². The van der Waals surface area contributed by atoms with Crippen molar-refractivity contribution in [2.45, 2.75) is 26.3 Å². The van der Waals surface area contributed by atoms with E-state index in [1.807, 2.05) is 0 Å². The fraction of sp³-hybridized carbons (Fsp3) is 0.0500. The van der Waals surface area contributed by atoms with Gasteiger partial charge in [0.25, 0.3) is 0 Å². The Kier molecular flexibility index (Phi) is 13.2. The lowest BCUT2D eigenvalue weighted by Gasteiger charge is -2.20. The number of hydrogen-bond acceptors (Lipinski definition) is 2. The van der Waals surface area contributed by atoms with Gasteiger partial charge in [0.05, 0.1) is 0 Å². The van der Waals surface area contributed by atoms with E-state index in [0.717, 1.165) is 129 Å². The zero-order valence-corrected chi connectivity index (χ0v) is 49.2. The van der Waals surface area contributed by atoms with Crippen LogP contribution in [-0.2, 0) is 26.3 Å². The van der Waals surface area contributed by atoms with Crippen molar-refractivity contribution < 1.29 is 18.6 Å². The third-order valence-corrected chi connectivity index (χ3v) is 18.1. The molecule has 0 fully saturated rings. The first-order chi connectivity index (χ1) is 43.0. The van der Waals surface area contributed by atoms with Crippen LogP contribution in [0.15, 0.2) is 302 Å². The Hall–Kier alpha value is -10.6. The maximum absolute atomic E-state index is 7.08. The first-order valence-electron chi connectivity index (χ1n) is 29.6. The first kappa shape index (κ1) is 52.0. The van der Waals surface area contributed by atoms with Crippen molar-refractivity contribution in [2.24, 2.45) is 0 Å². The van der Waals surface area contributed by atoms with Crippen molar-refractivity contribution in [2.75, 3.05) is 0 Å². The summed E-state index contributed by atoms with van der Waals surface area (Å²) in [4.78, 5) is 0. The average molecular weight is 1190 g/mol. The van der Waals surface area contributed by atoms with Gasteiger partial charge in [0, 0.05) is 15.6 Å². The topological polar surface area (TPSA) is 36.1 Å². The largest absolute Gasteiger partial charge is 0.488 e. The maximum Gasteiger partial charge on any atom is 0.250 e. The second-order valence-electron chi connectivity index (χ2n) is 22.7. The summed E-state index contributed by atoms with van der Waals surface area (Å²) in [5.41, 5.74) is 22.6. The monoisotopic (exact) mass is 1180 g/mol. The number of hydrogen-bond donors (Lipinski definition) is 0. The number of ether oxygens (including phenoxy) is 2. The number of imidazole rings is 2. The molecular formula is C80H57BrN4O2+2. The summed E-state index contributed by atoms with van der Waals surface area (Å²) in [6.45, 7) is 2.16. The Morgan fingerprint density at radius 3 is 1.15 bits per heavy atom. The summed E-state index contributed by atoms with van der Waals surface area (Å²) in [6, 6.07) is 103. The summed E-state index contributed by atoms with van der Waals surface area (Å²) in [5.74, 6) is 1.58. The standard InChI is InChI=1S/C80H57BrN4O2/c81-80-70-20-11-21-71(80)65-40-36-61(37-41-65)59-32-28-55(29-33-59)49-83-53-85(75-25-8-6-23-73(75)83)67-17-10-13-57(47-67)51-87-77-45-43-63-15-2-4-19-69(63)79(77)78-68-18-3-1-14-62(68)42-44-76(78)86-50-56-12-9-16-66(46-56)84-52-82(72-22-5-7-24-74(72)84)48-54-26-30-58(31-27-54)60-34-38-64(70)39-35-60/h1-47,52-53H,48-51H2/q+2. The van der Waals surface area contributed by atoms with Crippen LogP contribution in [0.25, 0.3) is 111 Å². The van der Waals surface area contributed by atoms with E-state index in [1.165, 1.54) is 33.4 Å². The smallest absolute Gasteiger partial charge is 0.250 e. The van der Waals surface area contributed by atoms with Crippen LogP contribution in [0, 0.1) is 0 Å². The highest BCUT2D eigenvalue weighted by Gasteiger charge is 2.23. The third kappa shape index (κ3) is 9.82. The van der Waals surface area contributed by atoms with Crippen LogP contribution in [-0.4, -0.2) is 9.13 Å². The summed E-state index contributed by atoms with van der Waals surface area (Å²) in [5, 5.41) is 4.44. The van der Waals surface area contributed by atoms with E-state index in [9.17, 15) is 0 Å². The van der Waals surface area contributed by atoms with E-state index in [2.05, 4.69) is 332 Å². The van der Waals surface area contributed by atoms with Gasteiger partial charge >= 0.3 is 0 Å². The number of fused-ring (bicyclic) bond motifs is 8. The van der Waals surface area contributed by atoms with Crippen molar-refractivity contribution in [3.05, 3.63) is 325 Å². The van der Waals surface area contributed by atoms with Gasteiger partial charge in [-0.15, -0.1) is 0 Å². The molecule has 18 bridgehead atoms. The van der Waals surface area contributed by atoms with Crippen LogP contribution < -0.4 is 18.6 Å². The molecule has 0 N–H and O–H groups in total. The predicted molar refractivity (Wildman–Crippen MR) is 357 cm³/mol. The van der Waals surface area contributed by atoms with E-state index < -0.39 is 0 Å². The molecule has 414 valence electrons. The summed E-state index contributed by atoms with van der Waals surface area (Å²) < 4.78 is 24.5. The van der Waals surface area contributed by atoms with Gasteiger partial charge in [0.1, 0.15) is 49.2 Å². The highest BCUT2D eigenvalue weighted by Crippen LogP contribution is 2.46. The molecule has 0 atom stereocenters. The van der Waals surface area contributed by atoms with Gasteiger partial charge in [-0.25, -0.2) is 9.13 Å². The van der Waals surface area contributed by atoms with Gasteiger partial charge < -0.3 is 9.47 Å². The SMILES string of the molecule is Brc1c2cccc1-c1ccc(cc1)-c1ccc(cc1)C[n+]1cn(c3ccccc31)-c1cccc(c1)COc1ccc3ccccc3c1-c1c(ccc3ccccc13)OCc1cccc(c1)-n1c[n+](c3ccccc31)Cc1ccc(cc1)-c1ccc-2cc1. The maximum atomic E-state index is 7.08. The molecule has 7 heteroatoms. The van der Waals surface area contributed by atoms with E-state index in [1.54, 1.807) is 0 Å². The van der Waals surface area contributed by atoms with Gasteiger partial charge in [0.15, 0.2) is 22.1 Å². The van der Waals surface area contributed by atoms with Crippen LogP contribution in [0.4, 0.5) is 0 Å². The molecular weight excluding hydrogens is 1130 g/mol. The Bertz CT molecular complexity index is 4780. The number of rotatable bonds is 0. The van der Waals surface area contributed by atoms with Crippen LogP contribution in [0.3, 0.4) is 0 Å². The zero-order chi connectivity index (χ0) is 57.8. The summed E-state index contributed by atoms with van der Waals surface area (Å²) in [7, 11) is 0. The molecule has 13 aromatic carbocycles. The van der Waals surface area contributed by atoms with Gasteiger partial charge in [0.2, 0.25) is 12.7 Å². The molecule has 20 rings (SSSR count). The number of benzene rings is 13. The molecule has 0 amide bonds. The van der Waals surface area contributed by atoms with Crippen molar-refractivity contribution in [3.8, 4) is 78.5 Å². The summed E-state index contributed by atoms with van der Waals surface area (Å²) in [6.07, 6.45) is 4.46. The lowest BCUT2D eigenvalue weighted by Crippen LogP contribution is -2.32. The lowest BCUT2D eigenvalue weighted by atomic mass is 9.92. The third-order valence-electron chi connectivity index (χ3n) is 17.3. The molecule has 5 aliphatic heterocycles. The molecule has 0 radical (unpaired) electrons. The Balaban J connectivity index is 0.784. The Morgan fingerprint density at radius 2 is 0.701 bits per heavy atom. The van der Waals surface area contributed by atoms with Crippen LogP contribution in [0.2, 0.25) is 0 Å². The van der Waals surface area contributed by atoms with Crippen LogP contribution in [0.5, 0.6) is 11.5 Å². The molecule has 6 nitrogen and oxygen atoms in total. The lowest BCUT2D eigenvalue weighted by molar-refractivity contribution is -0.663. The van der Waals surface area contributed by atoms with E-state index >= 15 is 0 Å². The Labute approximate surface area is 513 Å². The first-order valence-corrected chi connectivity index (χ1v) is 30.4. The van der Waals surface area contributed by atoms with Crippen molar-refractivity contribution in [1.29, 1.82) is 0 Å². The number of aromatic nitrogens is 4. The minimum Gasteiger partial charge on any atom is -0.488 e. The highest BCUT2D eigenvalue weighted by molar-refractivity contribution is 9.10. The highest BCUT2D eigenvalue weighted by atomic mass is 79.9. The minimum absolute atomic E-state index is 0.362. The molecule has 0 spiro atoms. The Morgan fingerprint density at radius 1 is 0.322 bits per heavy atom. The molecule has 5 aliphatic rings. The van der Waals surface area contributed by atoms with Gasteiger partial charge in [-0.05, 0) is 165 Å². The van der Waals surface area contributed by atoms with Crippen LogP contribution in [0.1, 0.15) is 22.3 Å². The van der Waals surface area contributed by atoms with E-state index in [0.29, 0.717) is 13.2 Å². The molecule has 2 aromatic heterocycles. The fourth-order valence-electron chi connectivity index (χ4n) is 12.8. The predicted octanol–water partition coefficient (Wildman–Crippen LogP) is 19.1. The molecule has 0 aliphatic carbocycles. The van der Waals surface area contributed by atoms with Crippen molar-refractivity contribution in [3.63, 3.8) is 0 Å². The second-order valence-corrected chi connectivity index (χ2v) is 23.4. The van der Waals surface area contributed by atoms with Gasteiger partial charge in [-0.2, -0.15) is 9.13 Å². The number of para-hydroxylation sites is 4. The quantitative estimate of drug-likeness (QED) is 0.142. The fourth-order valence-corrected chi connectivity index (χ4v) is 13.6. The summed E-state index contributed by atoms with van der Waals surface area (Å²) >= 11 is 4.04. The number of halogens is 1. The van der Waals surface area contributed by atoms with Gasteiger partial charge in [-0.1, -0.05) is 224 Å². The van der Waals surface area contributed by atoms with E-state index in [4.69, 9.17) is 9.47 Å². The van der Waals surface area contributed by atoms with Crippen LogP contribution >= 0.6 is 15.9 Å². The number of nitrogens with zero attached hydrogens (tertiary/aromatic N) is 4. The normalized spacial score (nSPS) is 12.4. The molecule has 0 saturated heterocycles. The molecule has 7 heterocycles.